The summed E-state index contributed by atoms with van der Waals surface area (Å²) in [6, 6.07) is -0.286. The zero-order valence-electron chi connectivity index (χ0n) is 7.06. The van der Waals surface area contributed by atoms with E-state index in [-0.39, 0.29) is 11.9 Å². The second-order valence-corrected chi connectivity index (χ2v) is 4.66. The van der Waals surface area contributed by atoms with Gasteiger partial charge in [0.05, 0.1) is 6.04 Å². The maximum Gasteiger partial charge on any atom is 0.344 e. The highest BCUT2D eigenvalue weighted by atomic mass is 31.2. The van der Waals surface area contributed by atoms with Crippen LogP contribution in [0.25, 0.3) is 0 Å². The molecule has 0 aromatic heterocycles. The van der Waals surface area contributed by atoms with Crippen molar-refractivity contribution < 1.29 is 19.1 Å². The van der Waals surface area contributed by atoms with Crippen LogP contribution >= 0.6 is 7.60 Å². The molecule has 1 fully saturated rings. The van der Waals surface area contributed by atoms with E-state index in [9.17, 15) is 9.36 Å². The Morgan fingerprint density at radius 3 is 2.77 bits per heavy atom. The van der Waals surface area contributed by atoms with Crippen LogP contribution in [-0.2, 0) is 9.36 Å². The van der Waals surface area contributed by atoms with Gasteiger partial charge in [-0.1, -0.05) is 0 Å². The second kappa shape index (κ2) is 4.19. The lowest BCUT2D eigenvalue weighted by atomic mass is 10.2. The van der Waals surface area contributed by atoms with E-state index in [2.05, 4.69) is 10.6 Å². The molecule has 0 aliphatic carbocycles. The van der Waals surface area contributed by atoms with Crippen molar-refractivity contribution in [3.8, 4) is 0 Å². The molecule has 0 radical (unpaired) electrons. The quantitative estimate of drug-likeness (QED) is 0.445. The summed E-state index contributed by atoms with van der Waals surface area (Å²) in [5.74, 6) is -0.333. The smallest absolute Gasteiger partial charge is 0.343 e. The van der Waals surface area contributed by atoms with Gasteiger partial charge in [-0.3, -0.25) is 9.36 Å². The number of nitrogens with one attached hydrogen (secondary N) is 2. The van der Waals surface area contributed by atoms with E-state index in [4.69, 9.17) is 9.79 Å². The molecule has 6 nitrogen and oxygen atoms in total. The van der Waals surface area contributed by atoms with Crippen LogP contribution in [0.15, 0.2) is 0 Å². The standard InChI is InChI=1S/C6H13N2O4P/c9-6(5-2-1-3-7-5)8-4-13(10,11)12/h5,7H,1-4H2,(H,8,9)(H2,10,11,12). The van der Waals surface area contributed by atoms with Crippen LogP contribution in [0.1, 0.15) is 12.8 Å². The molecule has 1 rings (SSSR count). The van der Waals surface area contributed by atoms with Gasteiger partial charge in [-0.25, -0.2) is 0 Å². The van der Waals surface area contributed by atoms with Crippen LogP contribution < -0.4 is 10.6 Å². The van der Waals surface area contributed by atoms with Crippen molar-refractivity contribution in [2.24, 2.45) is 0 Å². The van der Waals surface area contributed by atoms with Gasteiger partial charge in [0.15, 0.2) is 0 Å². The largest absolute Gasteiger partial charge is 0.344 e. The minimum absolute atomic E-state index is 0.286. The molecule has 76 valence electrons. The Morgan fingerprint density at radius 1 is 1.62 bits per heavy atom. The first-order chi connectivity index (χ1) is 5.99. The number of carbonyl (C=O) groups excluding carboxylic acids is 1. The van der Waals surface area contributed by atoms with Gasteiger partial charge in [-0.05, 0) is 19.4 Å². The average Bonchev–Trinajstić information content (AvgIpc) is 2.50. The van der Waals surface area contributed by atoms with Gasteiger partial charge in [0.1, 0.15) is 6.29 Å². The monoisotopic (exact) mass is 208 g/mol. The van der Waals surface area contributed by atoms with Crippen molar-refractivity contribution in [2.75, 3.05) is 12.8 Å². The molecule has 13 heavy (non-hydrogen) atoms. The van der Waals surface area contributed by atoms with Gasteiger partial charge in [0, 0.05) is 0 Å². The molecule has 1 saturated heterocycles. The van der Waals surface area contributed by atoms with Gasteiger partial charge in [-0.15, -0.1) is 0 Å². The summed E-state index contributed by atoms with van der Waals surface area (Å²) in [7, 11) is -4.12. The average molecular weight is 208 g/mol. The predicted molar refractivity (Wildman–Crippen MR) is 46.1 cm³/mol. The first kappa shape index (κ1) is 10.7. The van der Waals surface area contributed by atoms with E-state index in [0.29, 0.717) is 0 Å². The first-order valence-electron chi connectivity index (χ1n) is 4.05. The maximum absolute atomic E-state index is 11.2. The van der Waals surface area contributed by atoms with E-state index >= 15 is 0 Å². The summed E-state index contributed by atoms with van der Waals surface area (Å²) in [5.41, 5.74) is 0. The van der Waals surface area contributed by atoms with Gasteiger partial charge < -0.3 is 20.4 Å². The van der Waals surface area contributed by atoms with Gasteiger partial charge >= 0.3 is 7.60 Å². The van der Waals surface area contributed by atoms with Crippen molar-refractivity contribution in [1.82, 2.24) is 10.6 Å². The van der Waals surface area contributed by atoms with E-state index < -0.39 is 13.9 Å². The molecule has 7 heteroatoms. The summed E-state index contributed by atoms with van der Waals surface area (Å²) in [6.07, 6.45) is 1.07. The molecule has 0 aromatic rings. The van der Waals surface area contributed by atoms with Gasteiger partial charge in [-0.2, -0.15) is 0 Å². The molecule has 1 amide bonds. The highest BCUT2D eigenvalue weighted by molar-refractivity contribution is 7.51. The number of hydrogen-bond acceptors (Lipinski definition) is 3. The Bertz CT molecular complexity index is 233. The third-order valence-corrected chi connectivity index (χ3v) is 2.41. The Balaban J connectivity index is 2.29. The normalized spacial score (nSPS) is 23.1. The molecule has 1 aliphatic heterocycles. The van der Waals surface area contributed by atoms with Crippen molar-refractivity contribution in [3.63, 3.8) is 0 Å². The summed E-state index contributed by atoms with van der Waals surface area (Å²) >= 11 is 0. The fourth-order valence-electron chi connectivity index (χ4n) is 1.21. The Labute approximate surface area is 75.9 Å². The summed E-state index contributed by atoms with van der Waals surface area (Å²) in [4.78, 5) is 28.1. The highest BCUT2D eigenvalue weighted by Crippen LogP contribution is 2.31. The third-order valence-electron chi connectivity index (χ3n) is 1.84. The second-order valence-electron chi connectivity index (χ2n) is 3.01. The van der Waals surface area contributed by atoms with Crippen molar-refractivity contribution >= 4 is 13.5 Å². The SMILES string of the molecule is O=C(NCP(=O)(O)O)C1CCCN1. The minimum atomic E-state index is -4.12. The van der Waals surface area contributed by atoms with Crippen molar-refractivity contribution in [2.45, 2.75) is 18.9 Å². The zero-order chi connectivity index (χ0) is 9.90. The summed E-state index contributed by atoms with van der Waals surface area (Å²) < 4.78 is 10.4. The van der Waals surface area contributed by atoms with Crippen molar-refractivity contribution in [3.05, 3.63) is 0 Å². The fourth-order valence-corrected chi connectivity index (χ4v) is 1.57. The molecule has 0 saturated carbocycles. The minimum Gasteiger partial charge on any atom is -0.343 e. The Hall–Kier alpha value is -0.420. The van der Waals surface area contributed by atoms with Crippen LogP contribution in [0, 0.1) is 0 Å². The molecular weight excluding hydrogens is 195 g/mol. The molecule has 4 N–H and O–H groups in total. The highest BCUT2D eigenvalue weighted by Gasteiger charge is 2.23. The maximum atomic E-state index is 11.2. The Morgan fingerprint density at radius 2 is 2.31 bits per heavy atom. The number of carbonyl (C=O) groups is 1. The molecule has 1 heterocycles. The summed E-state index contributed by atoms with van der Waals surface area (Å²) in [6.45, 7) is 0.786. The van der Waals surface area contributed by atoms with Crippen LogP contribution in [0.4, 0.5) is 0 Å². The number of rotatable bonds is 3. The molecule has 1 unspecified atom stereocenters. The molecule has 1 atom stereocenters. The predicted octanol–water partition coefficient (Wildman–Crippen LogP) is -1.01. The summed E-state index contributed by atoms with van der Waals surface area (Å²) in [5, 5.41) is 5.13. The molecule has 0 spiro atoms. The van der Waals surface area contributed by atoms with E-state index in [1.165, 1.54) is 0 Å². The molecule has 1 aliphatic rings. The topological polar surface area (TPSA) is 98.7 Å². The van der Waals surface area contributed by atoms with Gasteiger partial charge in [0.2, 0.25) is 5.91 Å². The van der Waals surface area contributed by atoms with E-state index in [0.717, 1.165) is 19.4 Å². The van der Waals surface area contributed by atoms with Crippen molar-refractivity contribution in [1.29, 1.82) is 0 Å². The lowest BCUT2D eigenvalue weighted by molar-refractivity contribution is -0.122. The molecular formula is C6H13N2O4P. The van der Waals surface area contributed by atoms with Crippen LogP contribution in [0.2, 0.25) is 0 Å². The third kappa shape index (κ3) is 3.87. The van der Waals surface area contributed by atoms with Gasteiger partial charge in [0.25, 0.3) is 0 Å². The zero-order valence-corrected chi connectivity index (χ0v) is 7.96. The number of amides is 1. The van der Waals surface area contributed by atoms with Crippen LogP contribution in [-0.4, -0.2) is 34.6 Å². The molecule has 0 aromatic carbocycles. The Kier molecular flexibility index (Phi) is 3.44. The van der Waals surface area contributed by atoms with Crippen LogP contribution in [0.5, 0.6) is 0 Å². The van der Waals surface area contributed by atoms with E-state index in [1.54, 1.807) is 0 Å². The lowest BCUT2D eigenvalue weighted by Gasteiger charge is -2.11. The number of hydrogen-bond donors (Lipinski definition) is 4. The lowest BCUT2D eigenvalue weighted by Crippen LogP contribution is -2.40. The first-order valence-corrected chi connectivity index (χ1v) is 5.84. The fraction of sp³-hybridized carbons (Fsp3) is 0.833. The molecule has 0 bridgehead atoms. The van der Waals surface area contributed by atoms with Crippen LogP contribution in [0.3, 0.4) is 0 Å². The van der Waals surface area contributed by atoms with E-state index in [1.807, 2.05) is 0 Å².